The lowest BCUT2D eigenvalue weighted by Crippen LogP contribution is -2.08. The molecule has 0 unspecified atom stereocenters. The molecule has 3 nitrogen and oxygen atoms in total. The molecule has 0 spiro atoms. The first-order chi connectivity index (χ1) is 5.40. The lowest BCUT2D eigenvalue weighted by Gasteiger charge is -2.08. The van der Waals surface area contributed by atoms with E-state index in [1.807, 2.05) is 4.68 Å². The number of fused-ring (bicyclic) bond motifs is 1. The van der Waals surface area contributed by atoms with Crippen molar-refractivity contribution >= 4 is 0 Å². The maximum atomic E-state index is 5.27. The van der Waals surface area contributed by atoms with Crippen LogP contribution in [0.5, 0.6) is 0 Å². The largest absolute Gasteiger partial charge is 0.376 e. The van der Waals surface area contributed by atoms with E-state index in [9.17, 15) is 0 Å². The number of rotatable bonds is 1. The van der Waals surface area contributed by atoms with Crippen LogP contribution in [-0.4, -0.2) is 16.4 Å². The number of nitrogens with zero attached hydrogens (tertiary/aromatic N) is 2. The highest BCUT2D eigenvalue weighted by Gasteiger charge is 2.13. The van der Waals surface area contributed by atoms with E-state index in [0.29, 0.717) is 6.61 Å². The van der Waals surface area contributed by atoms with Crippen molar-refractivity contribution in [3.05, 3.63) is 17.5 Å². The Labute approximate surface area is 66.0 Å². The quantitative estimate of drug-likeness (QED) is 0.593. The molecule has 1 aliphatic rings. The van der Waals surface area contributed by atoms with Crippen molar-refractivity contribution in [1.82, 2.24) is 9.78 Å². The summed E-state index contributed by atoms with van der Waals surface area (Å²) in [5.41, 5.74) is 2.30. The van der Waals surface area contributed by atoms with Gasteiger partial charge in [-0.15, -0.1) is 0 Å². The monoisotopic (exact) mass is 151 g/mol. The predicted octanol–water partition coefficient (Wildman–Crippen LogP) is 0.776. The number of ether oxygens (including phenoxy) is 1. The van der Waals surface area contributed by atoms with Gasteiger partial charge >= 0.3 is 0 Å². The zero-order valence-electron chi connectivity index (χ0n) is 6.63. The van der Waals surface area contributed by atoms with E-state index in [1.54, 1.807) is 0 Å². The fraction of sp³-hybridized carbons (Fsp3) is 0.625. The zero-order chi connectivity index (χ0) is 7.68. The Morgan fingerprint density at radius 2 is 2.64 bits per heavy atom. The van der Waals surface area contributed by atoms with Crippen molar-refractivity contribution in [2.24, 2.45) is 0 Å². The minimum atomic E-state index is 0.690. The van der Waals surface area contributed by atoms with E-state index >= 15 is 0 Å². The van der Waals surface area contributed by atoms with Gasteiger partial charge in [-0.1, -0.05) is 0 Å². The second kappa shape index (κ2) is 2.66. The molecule has 0 aromatic carbocycles. The maximum absolute atomic E-state index is 5.27. The highest BCUT2D eigenvalue weighted by molar-refractivity contribution is 5.16. The van der Waals surface area contributed by atoms with Gasteiger partial charge in [-0.2, -0.15) is 5.10 Å². The number of aryl methyl sites for hydroxylation is 1. The molecule has 0 aliphatic carbocycles. The minimum Gasteiger partial charge on any atom is -0.376 e. The molecule has 1 radical (unpaired) electrons. The SMILES string of the molecule is CCn1[c]c2c(n1)CCOC2. The first kappa shape index (κ1) is 6.85. The van der Waals surface area contributed by atoms with Crippen molar-refractivity contribution in [2.75, 3.05) is 6.61 Å². The lowest BCUT2D eigenvalue weighted by atomic mass is 10.2. The van der Waals surface area contributed by atoms with Crippen LogP contribution in [0.3, 0.4) is 0 Å². The second-order valence-electron chi connectivity index (χ2n) is 2.66. The van der Waals surface area contributed by atoms with E-state index in [1.165, 1.54) is 0 Å². The Kier molecular flexibility index (Phi) is 1.66. The van der Waals surface area contributed by atoms with Crippen LogP contribution < -0.4 is 0 Å². The van der Waals surface area contributed by atoms with E-state index in [-0.39, 0.29) is 0 Å². The third kappa shape index (κ3) is 1.16. The second-order valence-corrected chi connectivity index (χ2v) is 2.66. The lowest BCUT2D eigenvalue weighted by molar-refractivity contribution is 0.110. The Morgan fingerprint density at radius 3 is 3.36 bits per heavy atom. The van der Waals surface area contributed by atoms with Crippen LogP contribution in [0, 0.1) is 6.20 Å². The van der Waals surface area contributed by atoms with Gasteiger partial charge in [0.1, 0.15) is 0 Å². The first-order valence-corrected chi connectivity index (χ1v) is 3.96. The molecule has 0 fully saturated rings. The van der Waals surface area contributed by atoms with Gasteiger partial charge in [0, 0.05) is 18.5 Å². The Hall–Kier alpha value is -0.830. The highest BCUT2D eigenvalue weighted by atomic mass is 16.5. The van der Waals surface area contributed by atoms with Gasteiger partial charge < -0.3 is 4.74 Å². The molecule has 0 saturated heterocycles. The summed E-state index contributed by atoms with van der Waals surface area (Å²) in [5, 5.41) is 4.35. The predicted molar refractivity (Wildman–Crippen MR) is 40.1 cm³/mol. The van der Waals surface area contributed by atoms with Crippen molar-refractivity contribution in [3.63, 3.8) is 0 Å². The smallest absolute Gasteiger partial charge is 0.0925 e. The summed E-state index contributed by atoms with van der Waals surface area (Å²) < 4.78 is 7.12. The van der Waals surface area contributed by atoms with Gasteiger partial charge in [0.25, 0.3) is 0 Å². The molecule has 2 heterocycles. The average Bonchev–Trinajstić information content (AvgIpc) is 2.46. The molecule has 0 bridgehead atoms. The fourth-order valence-corrected chi connectivity index (χ4v) is 1.26. The standard InChI is InChI=1S/C8H11N2O/c1-2-10-5-7-6-11-4-3-8(7)9-10/h2-4,6H2,1H3. The molecule has 59 valence electrons. The van der Waals surface area contributed by atoms with Crippen LogP contribution in [-0.2, 0) is 24.3 Å². The van der Waals surface area contributed by atoms with Crippen molar-refractivity contribution in [2.45, 2.75) is 26.5 Å². The normalized spacial score (nSPS) is 16.5. The third-order valence-corrected chi connectivity index (χ3v) is 1.88. The Bertz CT molecular complexity index is 231. The molecule has 2 rings (SSSR count). The summed E-state index contributed by atoms with van der Waals surface area (Å²) in [7, 11) is 0. The molecule has 11 heavy (non-hydrogen) atoms. The summed E-state index contributed by atoms with van der Waals surface area (Å²) in [6.45, 7) is 4.46. The van der Waals surface area contributed by atoms with Crippen LogP contribution in [0.25, 0.3) is 0 Å². The van der Waals surface area contributed by atoms with E-state index < -0.39 is 0 Å². The number of hydrogen-bond donors (Lipinski definition) is 0. The molecular weight excluding hydrogens is 140 g/mol. The third-order valence-electron chi connectivity index (χ3n) is 1.88. The van der Waals surface area contributed by atoms with Gasteiger partial charge in [-0.05, 0) is 6.92 Å². The van der Waals surface area contributed by atoms with E-state index in [2.05, 4.69) is 18.2 Å². The fourth-order valence-electron chi connectivity index (χ4n) is 1.26. The first-order valence-electron chi connectivity index (χ1n) is 3.96. The molecule has 1 aromatic heterocycles. The summed E-state index contributed by atoms with van der Waals surface area (Å²) in [4.78, 5) is 0. The van der Waals surface area contributed by atoms with Crippen LogP contribution in [0.2, 0.25) is 0 Å². The molecule has 0 amide bonds. The Morgan fingerprint density at radius 1 is 1.73 bits per heavy atom. The van der Waals surface area contributed by atoms with Crippen molar-refractivity contribution in [3.8, 4) is 0 Å². The molecule has 0 N–H and O–H groups in total. The summed E-state index contributed by atoms with van der Waals surface area (Å²) >= 11 is 0. The molecule has 1 aromatic rings. The molecular formula is C8H11N2O. The molecule has 0 saturated carbocycles. The Balaban J connectivity index is 2.32. The van der Waals surface area contributed by atoms with Crippen LogP contribution in [0.4, 0.5) is 0 Å². The van der Waals surface area contributed by atoms with Crippen molar-refractivity contribution < 1.29 is 4.74 Å². The number of hydrogen-bond acceptors (Lipinski definition) is 2. The molecule has 0 atom stereocenters. The zero-order valence-corrected chi connectivity index (χ0v) is 6.63. The van der Waals surface area contributed by atoms with E-state index in [4.69, 9.17) is 4.74 Å². The summed E-state index contributed by atoms with van der Waals surface area (Å²) in [6.07, 6.45) is 4.11. The van der Waals surface area contributed by atoms with Crippen LogP contribution >= 0.6 is 0 Å². The molecule has 1 aliphatic heterocycles. The maximum Gasteiger partial charge on any atom is 0.0925 e. The van der Waals surface area contributed by atoms with Gasteiger partial charge in [0.15, 0.2) is 0 Å². The average molecular weight is 151 g/mol. The van der Waals surface area contributed by atoms with Crippen LogP contribution in [0.15, 0.2) is 0 Å². The van der Waals surface area contributed by atoms with Gasteiger partial charge in [-0.25, -0.2) is 0 Å². The van der Waals surface area contributed by atoms with Crippen LogP contribution in [0.1, 0.15) is 18.2 Å². The number of aromatic nitrogens is 2. The van der Waals surface area contributed by atoms with Gasteiger partial charge in [0.05, 0.1) is 25.1 Å². The van der Waals surface area contributed by atoms with E-state index in [0.717, 1.165) is 30.8 Å². The van der Waals surface area contributed by atoms with Gasteiger partial charge in [0.2, 0.25) is 0 Å². The van der Waals surface area contributed by atoms with Crippen molar-refractivity contribution in [1.29, 1.82) is 0 Å². The minimum absolute atomic E-state index is 0.690. The molecule has 3 heteroatoms. The van der Waals surface area contributed by atoms with Gasteiger partial charge in [-0.3, -0.25) is 4.68 Å². The summed E-state index contributed by atoms with van der Waals surface area (Å²) in [5.74, 6) is 0. The highest BCUT2D eigenvalue weighted by Crippen LogP contribution is 2.13. The summed E-state index contributed by atoms with van der Waals surface area (Å²) in [6, 6.07) is 0. The topological polar surface area (TPSA) is 27.1 Å².